The van der Waals surface area contributed by atoms with Crippen LogP contribution in [0.4, 0.5) is 5.69 Å². The Bertz CT molecular complexity index is 676. The number of halogens is 1. The molecule has 0 amide bonds. The van der Waals surface area contributed by atoms with Crippen molar-refractivity contribution in [3.05, 3.63) is 41.2 Å². The van der Waals surface area contributed by atoms with Crippen LogP contribution in [0.25, 0.3) is 0 Å². The SMILES string of the molecule is Cn1nccc1CNS(=O)(=O)c1c(N)cccc1Cl. The summed E-state index contributed by atoms with van der Waals surface area (Å²) in [7, 11) is -2.03. The maximum Gasteiger partial charge on any atom is 0.244 e. The summed E-state index contributed by atoms with van der Waals surface area (Å²) in [6, 6.07) is 6.29. The number of hydrogen-bond acceptors (Lipinski definition) is 4. The van der Waals surface area contributed by atoms with Crippen LogP contribution in [-0.2, 0) is 23.6 Å². The molecule has 102 valence electrons. The molecule has 8 heteroatoms. The van der Waals surface area contributed by atoms with E-state index in [-0.39, 0.29) is 22.2 Å². The molecule has 0 aliphatic rings. The van der Waals surface area contributed by atoms with Gasteiger partial charge in [0.1, 0.15) is 4.90 Å². The number of nitrogens with one attached hydrogen (secondary N) is 1. The molecule has 6 nitrogen and oxygen atoms in total. The van der Waals surface area contributed by atoms with E-state index in [1.54, 1.807) is 30.1 Å². The smallest absolute Gasteiger partial charge is 0.244 e. The average molecular weight is 301 g/mol. The Morgan fingerprint density at radius 2 is 2.16 bits per heavy atom. The fraction of sp³-hybridized carbons (Fsp3) is 0.182. The predicted octanol–water partition coefficient (Wildman–Crippen LogP) is 1.13. The molecule has 0 aliphatic heterocycles. The average Bonchev–Trinajstić information content (AvgIpc) is 2.72. The van der Waals surface area contributed by atoms with E-state index in [2.05, 4.69) is 9.82 Å². The van der Waals surface area contributed by atoms with Crippen molar-refractivity contribution in [1.82, 2.24) is 14.5 Å². The Morgan fingerprint density at radius 3 is 2.74 bits per heavy atom. The quantitative estimate of drug-likeness (QED) is 0.828. The summed E-state index contributed by atoms with van der Waals surface area (Å²) >= 11 is 5.89. The van der Waals surface area contributed by atoms with Crippen molar-refractivity contribution in [2.24, 2.45) is 7.05 Å². The number of sulfonamides is 1. The van der Waals surface area contributed by atoms with Crippen molar-refractivity contribution in [1.29, 1.82) is 0 Å². The zero-order valence-electron chi connectivity index (χ0n) is 10.2. The highest BCUT2D eigenvalue weighted by Gasteiger charge is 2.21. The fourth-order valence-corrected chi connectivity index (χ4v) is 3.30. The monoisotopic (exact) mass is 300 g/mol. The van der Waals surface area contributed by atoms with E-state index in [1.807, 2.05) is 0 Å². The number of aromatic nitrogens is 2. The number of nitrogen functional groups attached to an aromatic ring is 1. The lowest BCUT2D eigenvalue weighted by molar-refractivity contribution is 0.577. The van der Waals surface area contributed by atoms with Crippen LogP contribution in [0, 0.1) is 0 Å². The highest BCUT2D eigenvalue weighted by atomic mass is 35.5. The van der Waals surface area contributed by atoms with Gasteiger partial charge in [0, 0.05) is 13.2 Å². The summed E-state index contributed by atoms with van der Waals surface area (Å²) < 4.78 is 28.4. The van der Waals surface area contributed by atoms with Crippen molar-refractivity contribution in [3.63, 3.8) is 0 Å². The van der Waals surface area contributed by atoms with Crippen LogP contribution in [0.5, 0.6) is 0 Å². The summed E-state index contributed by atoms with van der Waals surface area (Å²) in [6.45, 7) is 0.115. The van der Waals surface area contributed by atoms with Crippen LogP contribution in [0.1, 0.15) is 5.69 Å². The molecule has 0 fully saturated rings. The van der Waals surface area contributed by atoms with Gasteiger partial charge in [-0.2, -0.15) is 5.10 Å². The van der Waals surface area contributed by atoms with Crippen LogP contribution in [-0.4, -0.2) is 18.2 Å². The van der Waals surface area contributed by atoms with Gasteiger partial charge in [0.2, 0.25) is 10.0 Å². The Morgan fingerprint density at radius 1 is 1.42 bits per heavy atom. The molecule has 2 rings (SSSR count). The third-order valence-electron chi connectivity index (χ3n) is 2.63. The Labute approximate surface area is 116 Å². The van der Waals surface area contributed by atoms with Gasteiger partial charge in [0.05, 0.1) is 22.9 Å². The van der Waals surface area contributed by atoms with E-state index in [9.17, 15) is 8.42 Å². The number of anilines is 1. The van der Waals surface area contributed by atoms with Gasteiger partial charge in [0.15, 0.2) is 0 Å². The molecule has 0 radical (unpaired) electrons. The summed E-state index contributed by atoms with van der Waals surface area (Å²) in [5, 5.41) is 4.05. The molecule has 3 N–H and O–H groups in total. The Hall–Kier alpha value is -1.57. The topological polar surface area (TPSA) is 90.0 Å². The van der Waals surface area contributed by atoms with Crippen molar-refractivity contribution in [3.8, 4) is 0 Å². The van der Waals surface area contributed by atoms with Crippen LogP contribution in [0.2, 0.25) is 5.02 Å². The third-order valence-corrected chi connectivity index (χ3v) is 4.58. The summed E-state index contributed by atoms with van der Waals surface area (Å²) in [6.07, 6.45) is 1.59. The first kappa shape index (κ1) is 13.9. The molecule has 0 saturated heterocycles. The van der Waals surface area contributed by atoms with Crippen molar-refractivity contribution < 1.29 is 8.42 Å². The third kappa shape index (κ3) is 2.89. The number of hydrogen-bond donors (Lipinski definition) is 2. The number of nitrogens with two attached hydrogens (primary N) is 1. The first-order chi connectivity index (χ1) is 8.92. The van der Waals surface area contributed by atoms with Crippen molar-refractivity contribution in [2.45, 2.75) is 11.4 Å². The minimum atomic E-state index is -3.76. The van der Waals surface area contributed by atoms with Crippen LogP contribution in [0.3, 0.4) is 0 Å². The second kappa shape index (κ2) is 5.20. The molecule has 1 heterocycles. The molecule has 1 aromatic carbocycles. The highest BCUT2D eigenvalue weighted by molar-refractivity contribution is 7.89. The lowest BCUT2D eigenvalue weighted by Crippen LogP contribution is -2.25. The van der Waals surface area contributed by atoms with Gasteiger partial charge in [-0.05, 0) is 18.2 Å². The summed E-state index contributed by atoms with van der Waals surface area (Å²) in [5.74, 6) is 0. The number of rotatable bonds is 4. The summed E-state index contributed by atoms with van der Waals surface area (Å²) in [5.41, 5.74) is 6.51. The van der Waals surface area contributed by atoms with E-state index in [4.69, 9.17) is 17.3 Å². The number of nitrogens with zero attached hydrogens (tertiary/aromatic N) is 2. The van der Waals surface area contributed by atoms with Gasteiger partial charge in [-0.3, -0.25) is 4.68 Å². The van der Waals surface area contributed by atoms with Crippen molar-refractivity contribution >= 4 is 27.3 Å². The molecule has 0 spiro atoms. The van der Waals surface area contributed by atoms with Gasteiger partial charge in [-0.25, -0.2) is 13.1 Å². The van der Waals surface area contributed by atoms with Gasteiger partial charge < -0.3 is 5.73 Å². The summed E-state index contributed by atoms with van der Waals surface area (Å²) in [4.78, 5) is -0.0983. The second-order valence-corrected chi connectivity index (χ2v) is 6.04. The predicted molar refractivity (Wildman–Crippen MR) is 73.1 cm³/mol. The van der Waals surface area contributed by atoms with E-state index < -0.39 is 10.0 Å². The molecule has 0 unspecified atom stereocenters. The number of benzene rings is 1. The molecule has 0 atom stereocenters. The van der Waals surface area contributed by atoms with Crippen LogP contribution in [0.15, 0.2) is 35.4 Å². The molecular formula is C11H13ClN4O2S. The Kier molecular flexibility index (Phi) is 3.79. The maximum atomic E-state index is 12.2. The van der Waals surface area contributed by atoms with Gasteiger partial charge in [0.25, 0.3) is 0 Å². The molecule has 0 aliphatic carbocycles. The van der Waals surface area contributed by atoms with Gasteiger partial charge in [-0.1, -0.05) is 17.7 Å². The van der Waals surface area contributed by atoms with E-state index in [0.29, 0.717) is 0 Å². The largest absolute Gasteiger partial charge is 0.398 e. The Balaban J connectivity index is 2.26. The lowest BCUT2D eigenvalue weighted by atomic mass is 10.3. The molecule has 2 aromatic rings. The molecule has 1 aromatic heterocycles. The van der Waals surface area contributed by atoms with Gasteiger partial charge in [-0.15, -0.1) is 0 Å². The van der Waals surface area contributed by atoms with Crippen LogP contribution >= 0.6 is 11.6 Å². The van der Waals surface area contributed by atoms with E-state index >= 15 is 0 Å². The fourth-order valence-electron chi connectivity index (χ4n) is 1.62. The minimum Gasteiger partial charge on any atom is -0.398 e. The number of aryl methyl sites for hydroxylation is 1. The molecule has 0 bridgehead atoms. The van der Waals surface area contributed by atoms with E-state index in [0.717, 1.165) is 5.69 Å². The molecule has 0 saturated carbocycles. The second-order valence-electron chi connectivity index (χ2n) is 3.93. The lowest BCUT2D eigenvalue weighted by Gasteiger charge is -2.10. The highest BCUT2D eigenvalue weighted by Crippen LogP contribution is 2.26. The minimum absolute atomic E-state index is 0.0949. The normalized spacial score (nSPS) is 11.7. The zero-order chi connectivity index (χ0) is 14.0. The zero-order valence-corrected chi connectivity index (χ0v) is 11.7. The van der Waals surface area contributed by atoms with Crippen molar-refractivity contribution in [2.75, 3.05) is 5.73 Å². The van der Waals surface area contributed by atoms with Gasteiger partial charge >= 0.3 is 0 Å². The first-order valence-electron chi connectivity index (χ1n) is 5.42. The van der Waals surface area contributed by atoms with E-state index in [1.165, 1.54) is 12.1 Å². The molecular weight excluding hydrogens is 288 g/mol. The van der Waals surface area contributed by atoms with Crippen LogP contribution < -0.4 is 10.5 Å². The molecule has 19 heavy (non-hydrogen) atoms. The first-order valence-corrected chi connectivity index (χ1v) is 7.28. The standard InChI is InChI=1S/C11H13ClN4O2S/c1-16-8(5-6-14-16)7-15-19(17,18)11-9(12)3-2-4-10(11)13/h2-6,15H,7,13H2,1H3. The maximum absolute atomic E-state index is 12.2.